The van der Waals surface area contributed by atoms with E-state index in [1.807, 2.05) is 49.4 Å². The Bertz CT molecular complexity index is 1050. The Morgan fingerprint density at radius 3 is 2.71 bits per heavy atom. The smallest absolute Gasteiger partial charge is 0.233 e. The SMILES string of the molecule is Cc1ccc(-c2cc3nc(-c4ccccn4)nc(O)c3s2)c(Cl)c1. The van der Waals surface area contributed by atoms with Gasteiger partial charge in [-0.05, 0) is 36.8 Å². The number of hydrogen-bond donors (Lipinski definition) is 1. The van der Waals surface area contributed by atoms with E-state index in [1.54, 1.807) is 6.20 Å². The van der Waals surface area contributed by atoms with Gasteiger partial charge in [0.05, 0.1) is 5.52 Å². The van der Waals surface area contributed by atoms with Crippen LogP contribution in [0.5, 0.6) is 5.88 Å². The maximum absolute atomic E-state index is 10.3. The summed E-state index contributed by atoms with van der Waals surface area (Å²) >= 11 is 7.78. The largest absolute Gasteiger partial charge is 0.492 e. The second-order valence-electron chi connectivity index (χ2n) is 5.39. The highest BCUT2D eigenvalue weighted by molar-refractivity contribution is 7.22. The maximum atomic E-state index is 10.3. The summed E-state index contributed by atoms with van der Waals surface area (Å²) in [6.45, 7) is 2.00. The average Bonchev–Trinajstić information content (AvgIpc) is 3.00. The first-order valence-electron chi connectivity index (χ1n) is 7.30. The molecule has 4 aromatic rings. The van der Waals surface area contributed by atoms with Crippen molar-refractivity contribution in [2.24, 2.45) is 0 Å². The van der Waals surface area contributed by atoms with Gasteiger partial charge in [-0.15, -0.1) is 11.3 Å². The van der Waals surface area contributed by atoms with Gasteiger partial charge in [0.2, 0.25) is 5.88 Å². The Hall–Kier alpha value is -2.50. The molecule has 1 N–H and O–H groups in total. The normalized spacial score (nSPS) is 11.1. The molecule has 24 heavy (non-hydrogen) atoms. The summed E-state index contributed by atoms with van der Waals surface area (Å²) in [5.74, 6) is 0.361. The lowest BCUT2D eigenvalue weighted by Crippen LogP contribution is -1.91. The lowest BCUT2D eigenvalue weighted by atomic mass is 10.1. The lowest BCUT2D eigenvalue weighted by molar-refractivity contribution is 0.461. The number of aromatic nitrogens is 3. The summed E-state index contributed by atoms with van der Waals surface area (Å²) in [7, 11) is 0. The molecular weight excluding hydrogens is 342 g/mol. The van der Waals surface area contributed by atoms with Crippen LogP contribution in [0.15, 0.2) is 48.7 Å². The fourth-order valence-corrected chi connectivity index (χ4v) is 3.89. The quantitative estimate of drug-likeness (QED) is 0.545. The molecule has 0 aliphatic carbocycles. The highest BCUT2D eigenvalue weighted by Gasteiger charge is 2.15. The van der Waals surface area contributed by atoms with Crippen molar-refractivity contribution in [3.8, 4) is 27.8 Å². The molecule has 118 valence electrons. The molecule has 1 aromatic carbocycles. The van der Waals surface area contributed by atoms with E-state index < -0.39 is 0 Å². The van der Waals surface area contributed by atoms with E-state index in [0.717, 1.165) is 16.0 Å². The third-order valence-corrected chi connectivity index (χ3v) is 5.10. The molecule has 0 unspecified atom stereocenters. The number of pyridine rings is 1. The Labute approximate surface area is 147 Å². The fourth-order valence-electron chi connectivity index (χ4n) is 2.48. The number of nitrogens with zero attached hydrogens (tertiary/aromatic N) is 3. The number of halogens is 1. The predicted molar refractivity (Wildman–Crippen MR) is 97.5 cm³/mol. The molecular formula is C18H12ClN3OS. The average molecular weight is 354 g/mol. The molecule has 0 fully saturated rings. The molecule has 3 aromatic heterocycles. The summed E-state index contributed by atoms with van der Waals surface area (Å²) < 4.78 is 0.640. The molecule has 4 nitrogen and oxygen atoms in total. The number of aromatic hydroxyl groups is 1. The first kappa shape index (κ1) is 15.1. The molecule has 0 radical (unpaired) electrons. The molecule has 0 bridgehead atoms. The number of hydrogen-bond acceptors (Lipinski definition) is 5. The summed E-state index contributed by atoms with van der Waals surface area (Å²) in [4.78, 5) is 13.9. The van der Waals surface area contributed by atoms with Crippen LogP contribution >= 0.6 is 22.9 Å². The highest BCUT2D eigenvalue weighted by Crippen LogP contribution is 2.40. The fraction of sp³-hybridized carbons (Fsp3) is 0.0556. The molecule has 0 aliphatic rings. The van der Waals surface area contributed by atoms with E-state index >= 15 is 0 Å². The zero-order valence-electron chi connectivity index (χ0n) is 12.7. The van der Waals surface area contributed by atoms with Gasteiger partial charge in [0.1, 0.15) is 10.4 Å². The van der Waals surface area contributed by atoms with Gasteiger partial charge in [0.15, 0.2) is 5.82 Å². The van der Waals surface area contributed by atoms with Crippen molar-refractivity contribution in [1.29, 1.82) is 0 Å². The molecule has 0 spiro atoms. The lowest BCUT2D eigenvalue weighted by Gasteiger charge is -2.01. The molecule has 0 saturated carbocycles. The third kappa shape index (κ3) is 2.62. The Balaban J connectivity index is 1.88. The van der Waals surface area contributed by atoms with E-state index in [-0.39, 0.29) is 5.88 Å². The van der Waals surface area contributed by atoms with Gasteiger partial charge in [-0.1, -0.05) is 29.8 Å². The van der Waals surface area contributed by atoms with Crippen molar-refractivity contribution in [3.05, 3.63) is 59.2 Å². The number of thiophene rings is 1. The van der Waals surface area contributed by atoms with Crippen LogP contribution in [0.2, 0.25) is 5.02 Å². The van der Waals surface area contributed by atoms with Gasteiger partial charge < -0.3 is 5.11 Å². The van der Waals surface area contributed by atoms with Crippen LogP contribution in [0, 0.1) is 6.92 Å². The first-order chi connectivity index (χ1) is 11.6. The number of rotatable bonds is 2. The van der Waals surface area contributed by atoms with Crippen molar-refractivity contribution in [1.82, 2.24) is 15.0 Å². The Morgan fingerprint density at radius 1 is 1.08 bits per heavy atom. The van der Waals surface area contributed by atoms with Crippen LogP contribution in [0.1, 0.15) is 5.56 Å². The van der Waals surface area contributed by atoms with E-state index in [0.29, 0.717) is 26.8 Å². The van der Waals surface area contributed by atoms with E-state index in [4.69, 9.17) is 11.6 Å². The van der Waals surface area contributed by atoms with Crippen molar-refractivity contribution in [2.45, 2.75) is 6.92 Å². The zero-order chi connectivity index (χ0) is 16.7. The Morgan fingerprint density at radius 2 is 1.96 bits per heavy atom. The minimum Gasteiger partial charge on any atom is -0.492 e. The standard InChI is InChI=1S/C18H12ClN3OS/c1-10-5-6-11(12(19)8-10)15-9-14-16(24-15)18(23)22-17(21-14)13-4-2-3-7-20-13/h2-9H,1H3,(H,21,22,23). The third-order valence-electron chi connectivity index (χ3n) is 3.64. The monoisotopic (exact) mass is 353 g/mol. The van der Waals surface area contributed by atoms with E-state index in [9.17, 15) is 5.11 Å². The molecule has 6 heteroatoms. The van der Waals surface area contributed by atoms with E-state index in [1.165, 1.54) is 11.3 Å². The number of aryl methyl sites for hydroxylation is 1. The van der Waals surface area contributed by atoms with Crippen molar-refractivity contribution in [3.63, 3.8) is 0 Å². The summed E-state index contributed by atoms with van der Waals surface area (Å²) in [5, 5.41) is 11.0. The van der Waals surface area contributed by atoms with Gasteiger partial charge in [-0.25, -0.2) is 4.98 Å². The molecule has 4 rings (SSSR count). The predicted octanol–water partition coefficient (Wildman–Crippen LogP) is 5.09. The highest BCUT2D eigenvalue weighted by atomic mass is 35.5. The van der Waals surface area contributed by atoms with Crippen LogP contribution in [0.3, 0.4) is 0 Å². The molecule has 0 amide bonds. The second kappa shape index (κ2) is 5.85. The van der Waals surface area contributed by atoms with Gasteiger partial charge in [-0.3, -0.25) is 4.98 Å². The number of fused-ring (bicyclic) bond motifs is 1. The van der Waals surface area contributed by atoms with Crippen LogP contribution in [0.25, 0.3) is 32.2 Å². The van der Waals surface area contributed by atoms with Crippen molar-refractivity contribution in [2.75, 3.05) is 0 Å². The zero-order valence-corrected chi connectivity index (χ0v) is 14.3. The molecule has 0 atom stereocenters. The Kier molecular flexibility index (Phi) is 3.67. The van der Waals surface area contributed by atoms with E-state index in [2.05, 4.69) is 15.0 Å². The van der Waals surface area contributed by atoms with Crippen molar-refractivity contribution >= 4 is 33.2 Å². The minimum atomic E-state index is -0.0415. The molecule has 0 saturated heterocycles. The van der Waals surface area contributed by atoms with Crippen LogP contribution < -0.4 is 0 Å². The van der Waals surface area contributed by atoms with Gasteiger partial charge >= 0.3 is 0 Å². The van der Waals surface area contributed by atoms with Crippen LogP contribution in [0.4, 0.5) is 0 Å². The molecule has 0 aliphatic heterocycles. The topological polar surface area (TPSA) is 58.9 Å². The summed E-state index contributed by atoms with van der Waals surface area (Å²) in [6, 6.07) is 13.3. The number of benzene rings is 1. The summed E-state index contributed by atoms with van der Waals surface area (Å²) in [6.07, 6.45) is 1.67. The maximum Gasteiger partial charge on any atom is 0.233 e. The second-order valence-corrected chi connectivity index (χ2v) is 6.85. The minimum absolute atomic E-state index is 0.0415. The van der Waals surface area contributed by atoms with Gasteiger partial charge in [0, 0.05) is 21.7 Å². The van der Waals surface area contributed by atoms with Gasteiger partial charge in [-0.2, -0.15) is 4.98 Å². The van der Waals surface area contributed by atoms with Crippen LogP contribution in [-0.4, -0.2) is 20.1 Å². The molecule has 3 heterocycles. The van der Waals surface area contributed by atoms with Crippen LogP contribution in [-0.2, 0) is 0 Å². The van der Waals surface area contributed by atoms with Crippen molar-refractivity contribution < 1.29 is 5.11 Å². The first-order valence-corrected chi connectivity index (χ1v) is 8.50. The van der Waals surface area contributed by atoms with Gasteiger partial charge in [0.25, 0.3) is 0 Å². The summed E-state index contributed by atoms with van der Waals surface area (Å²) in [5.41, 5.74) is 3.32.